The van der Waals surface area contributed by atoms with Crippen molar-refractivity contribution in [3.8, 4) is 11.5 Å². The molecule has 0 heterocycles. The molecule has 124 valence electrons. The van der Waals surface area contributed by atoms with Crippen molar-refractivity contribution in [2.45, 2.75) is 6.54 Å². The number of methoxy groups -OCH3 is 2. The van der Waals surface area contributed by atoms with Gasteiger partial charge in [-0.2, -0.15) is 0 Å². The Labute approximate surface area is 135 Å². The van der Waals surface area contributed by atoms with Gasteiger partial charge in [-0.25, -0.2) is 0 Å². The van der Waals surface area contributed by atoms with Gasteiger partial charge in [0.05, 0.1) is 20.8 Å². The third-order valence-electron chi connectivity index (χ3n) is 2.71. The normalized spacial score (nSPS) is 9.82. The van der Waals surface area contributed by atoms with Crippen LogP contribution in [0.4, 0.5) is 0 Å². The van der Waals surface area contributed by atoms with E-state index < -0.39 is 5.97 Å². The largest absolute Gasteiger partial charge is 0.497 e. The van der Waals surface area contributed by atoms with Crippen molar-refractivity contribution in [2.75, 3.05) is 34.4 Å². The Bertz CT molecular complexity index is 488. The maximum absolute atomic E-state index is 11.5. The summed E-state index contributed by atoms with van der Waals surface area (Å²) in [5, 5.41) is 10.8. The van der Waals surface area contributed by atoms with Crippen LogP contribution in [0.25, 0.3) is 0 Å². The van der Waals surface area contributed by atoms with E-state index >= 15 is 0 Å². The number of hydrogen-bond acceptors (Lipinski definition) is 5. The Morgan fingerprint density at radius 2 is 1.73 bits per heavy atom. The number of carboxylic acids is 1. The Hall–Kier alpha value is -1.99. The van der Waals surface area contributed by atoms with E-state index in [1.807, 2.05) is 12.1 Å². The van der Waals surface area contributed by atoms with Crippen LogP contribution in [0.3, 0.4) is 0 Å². The van der Waals surface area contributed by atoms with Gasteiger partial charge in [0.2, 0.25) is 5.91 Å². The molecule has 0 fully saturated rings. The van der Waals surface area contributed by atoms with Crippen molar-refractivity contribution >= 4 is 24.3 Å². The number of nitrogens with zero attached hydrogens (tertiary/aromatic N) is 1. The molecule has 7 nitrogen and oxygen atoms in total. The maximum Gasteiger partial charge on any atom is 0.322 e. The highest BCUT2D eigenvalue weighted by Gasteiger charge is 2.10. The summed E-state index contributed by atoms with van der Waals surface area (Å²) in [6.07, 6.45) is 0. The Kier molecular flexibility index (Phi) is 8.97. The maximum atomic E-state index is 11.5. The second kappa shape index (κ2) is 9.86. The van der Waals surface area contributed by atoms with Crippen LogP contribution in [0, 0.1) is 0 Å². The first-order valence-electron chi connectivity index (χ1n) is 6.33. The van der Waals surface area contributed by atoms with Gasteiger partial charge in [-0.3, -0.25) is 14.5 Å². The average Bonchev–Trinajstić information content (AvgIpc) is 2.44. The summed E-state index contributed by atoms with van der Waals surface area (Å²) in [6, 6.07) is 5.48. The number of amides is 1. The minimum Gasteiger partial charge on any atom is -0.497 e. The van der Waals surface area contributed by atoms with Gasteiger partial charge in [0.15, 0.2) is 0 Å². The fraction of sp³-hybridized carbons (Fsp3) is 0.429. The lowest BCUT2D eigenvalue weighted by molar-refractivity contribution is -0.138. The number of benzene rings is 1. The molecule has 0 aliphatic heterocycles. The fourth-order valence-corrected chi connectivity index (χ4v) is 1.80. The third-order valence-corrected chi connectivity index (χ3v) is 2.71. The van der Waals surface area contributed by atoms with E-state index in [0.717, 1.165) is 5.56 Å². The number of carboxylic acid groups (broad SMARTS) is 1. The highest BCUT2D eigenvalue weighted by Crippen LogP contribution is 2.23. The molecule has 0 radical (unpaired) electrons. The molecule has 0 aliphatic rings. The quantitative estimate of drug-likeness (QED) is 0.730. The summed E-state index contributed by atoms with van der Waals surface area (Å²) in [5.74, 6) is -0.0561. The number of carbonyl (C=O) groups is 2. The van der Waals surface area contributed by atoms with Crippen LogP contribution in [-0.4, -0.2) is 56.2 Å². The molecule has 0 aromatic heterocycles. The van der Waals surface area contributed by atoms with Crippen LogP contribution in [0.5, 0.6) is 11.5 Å². The summed E-state index contributed by atoms with van der Waals surface area (Å²) in [7, 11) is 4.91. The molecule has 0 spiro atoms. The SMILES string of the molecule is COc1cc(CN(C)CC(=O)NCC(=O)O)cc(OC)c1.Cl. The van der Waals surface area contributed by atoms with E-state index in [-0.39, 0.29) is 31.4 Å². The smallest absolute Gasteiger partial charge is 0.322 e. The summed E-state index contributed by atoms with van der Waals surface area (Å²) < 4.78 is 10.4. The zero-order valence-corrected chi connectivity index (χ0v) is 13.6. The van der Waals surface area contributed by atoms with Crippen molar-refractivity contribution in [1.82, 2.24) is 10.2 Å². The van der Waals surface area contributed by atoms with Gasteiger partial charge >= 0.3 is 5.97 Å². The minimum atomic E-state index is -1.07. The standard InChI is InChI=1S/C14H20N2O5.ClH/c1-16(9-13(17)15-7-14(18)19)8-10-4-11(20-2)6-12(5-10)21-3;/h4-6H,7-9H2,1-3H3,(H,15,17)(H,18,19);1H. The van der Waals surface area contributed by atoms with Gasteiger partial charge in [-0.1, -0.05) is 0 Å². The summed E-state index contributed by atoms with van der Waals surface area (Å²) in [6.45, 7) is 0.237. The van der Waals surface area contributed by atoms with Crippen LogP contribution in [0.1, 0.15) is 5.56 Å². The van der Waals surface area contributed by atoms with Gasteiger partial charge in [0.1, 0.15) is 18.0 Å². The number of likely N-dealkylation sites (N-methyl/N-ethyl adjacent to an activating group) is 1. The lowest BCUT2D eigenvalue weighted by atomic mass is 10.2. The first-order valence-corrected chi connectivity index (χ1v) is 6.33. The molecule has 8 heteroatoms. The van der Waals surface area contributed by atoms with Crippen molar-refractivity contribution < 1.29 is 24.2 Å². The van der Waals surface area contributed by atoms with Crippen LogP contribution < -0.4 is 14.8 Å². The van der Waals surface area contributed by atoms with Crippen molar-refractivity contribution in [2.24, 2.45) is 0 Å². The Morgan fingerprint density at radius 3 is 2.18 bits per heavy atom. The van der Waals surface area contributed by atoms with Gasteiger partial charge < -0.3 is 19.9 Å². The number of carbonyl (C=O) groups excluding carboxylic acids is 1. The molecule has 0 atom stereocenters. The topological polar surface area (TPSA) is 88.1 Å². The highest BCUT2D eigenvalue weighted by molar-refractivity contribution is 5.85. The predicted molar refractivity (Wildman–Crippen MR) is 83.8 cm³/mol. The molecule has 1 rings (SSSR count). The van der Waals surface area contributed by atoms with E-state index in [1.54, 1.807) is 32.2 Å². The third kappa shape index (κ3) is 7.14. The highest BCUT2D eigenvalue weighted by atomic mass is 35.5. The molecule has 0 saturated heterocycles. The van der Waals surface area contributed by atoms with E-state index in [1.165, 1.54) is 0 Å². The molecule has 0 unspecified atom stereocenters. The molecule has 1 aromatic rings. The molecule has 1 aromatic carbocycles. The number of nitrogens with one attached hydrogen (secondary N) is 1. The monoisotopic (exact) mass is 332 g/mol. The number of aliphatic carboxylic acids is 1. The lowest BCUT2D eigenvalue weighted by Crippen LogP contribution is -2.37. The van der Waals surface area contributed by atoms with Crippen molar-refractivity contribution in [3.63, 3.8) is 0 Å². The van der Waals surface area contributed by atoms with Crippen LogP contribution >= 0.6 is 12.4 Å². The van der Waals surface area contributed by atoms with Gasteiger partial charge in [-0.15, -0.1) is 12.4 Å². The summed E-state index contributed by atoms with van der Waals surface area (Å²) >= 11 is 0. The summed E-state index contributed by atoms with van der Waals surface area (Å²) in [4.78, 5) is 23.7. The molecular weight excluding hydrogens is 312 g/mol. The Balaban J connectivity index is 0.00000441. The van der Waals surface area contributed by atoms with Crippen molar-refractivity contribution in [1.29, 1.82) is 0 Å². The van der Waals surface area contributed by atoms with Gasteiger partial charge in [0.25, 0.3) is 0 Å². The molecular formula is C14H21ClN2O5. The average molecular weight is 333 g/mol. The first kappa shape index (κ1) is 20.0. The van der Waals surface area contributed by atoms with Gasteiger partial charge in [-0.05, 0) is 24.7 Å². The zero-order valence-electron chi connectivity index (χ0n) is 12.8. The predicted octanol–water partition coefficient (Wildman–Crippen LogP) is 0.758. The number of rotatable bonds is 8. The second-order valence-electron chi connectivity index (χ2n) is 4.56. The van der Waals surface area contributed by atoms with Crippen molar-refractivity contribution in [3.05, 3.63) is 23.8 Å². The lowest BCUT2D eigenvalue weighted by Gasteiger charge is -2.17. The number of halogens is 1. The fourth-order valence-electron chi connectivity index (χ4n) is 1.80. The molecule has 0 saturated carbocycles. The summed E-state index contributed by atoms with van der Waals surface area (Å²) in [5.41, 5.74) is 0.930. The zero-order chi connectivity index (χ0) is 15.8. The molecule has 1 amide bonds. The molecule has 0 bridgehead atoms. The molecule has 22 heavy (non-hydrogen) atoms. The van der Waals surface area contributed by atoms with Gasteiger partial charge in [0, 0.05) is 12.6 Å². The van der Waals surface area contributed by atoms with E-state index in [9.17, 15) is 9.59 Å². The van der Waals surface area contributed by atoms with Crippen LogP contribution in [0.2, 0.25) is 0 Å². The van der Waals surface area contributed by atoms with E-state index in [4.69, 9.17) is 14.6 Å². The molecule has 2 N–H and O–H groups in total. The second-order valence-corrected chi connectivity index (χ2v) is 4.56. The molecule has 0 aliphatic carbocycles. The number of hydrogen-bond donors (Lipinski definition) is 2. The first-order chi connectivity index (χ1) is 9.94. The Morgan fingerprint density at radius 1 is 1.18 bits per heavy atom. The van der Waals surface area contributed by atoms with E-state index in [0.29, 0.717) is 18.0 Å². The van der Waals surface area contributed by atoms with Crippen LogP contribution in [-0.2, 0) is 16.1 Å². The number of ether oxygens (including phenoxy) is 2. The van der Waals surface area contributed by atoms with E-state index in [2.05, 4.69) is 5.32 Å². The van der Waals surface area contributed by atoms with Crippen LogP contribution in [0.15, 0.2) is 18.2 Å². The minimum absolute atomic E-state index is 0.